The van der Waals surface area contributed by atoms with Gasteiger partial charge < -0.3 is 25.0 Å². The summed E-state index contributed by atoms with van der Waals surface area (Å²) in [5, 5.41) is 5.44. The molecule has 53 heavy (non-hydrogen) atoms. The van der Waals surface area contributed by atoms with Crippen LogP contribution in [0.4, 0.5) is 9.59 Å². The lowest BCUT2D eigenvalue weighted by atomic mass is 9.85. The van der Waals surface area contributed by atoms with Crippen molar-refractivity contribution >= 4 is 40.1 Å². The molecule has 4 aliphatic rings. The molecule has 1 saturated carbocycles. The zero-order chi connectivity index (χ0) is 39.1. The lowest BCUT2D eigenvalue weighted by Crippen LogP contribution is -2.60. The number of amides is 5. The number of hydrogen-bond acceptors (Lipinski definition) is 9. The van der Waals surface area contributed by atoms with Crippen LogP contribution in [0.25, 0.3) is 0 Å². The number of hydrogen-bond donors (Lipinski definition) is 3. The van der Waals surface area contributed by atoms with Gasteiger partial charge in [0.1, 0.15) is 23.7 Å². The van der Waals surface area contributed by atoms with E-state index in [-0.39, 0.29) is 31.4 Å². The van der Waals surface area contributed by atoms with Crippen LogP contribution in [0.5, 0.6) is 0 Å². The van der Waals surface area contributed by atoms with Gasteiger partial charge in [-0.15, -0.1) is 6.58 Å². The Hall–Kier alpha value is -4.18. The van der Waals surface area contributed by atoms with Crippen molar-refractivity contribution in [1.82, 2.24) is 29.5 Å². The van der Waals surface area contributed by atoms with E-state index in [0.29, 0.717) is 13.1 Å². The molecule has 3 N–H and O–H groups in total. The van der Waals surface area contributed by atoms with E-state index in [1.165, 1.54) is 25.1 Å². The maximum absolute atomic E-state index is 14.5. The molecule has 0 aromatic heterocycles. The van der Waals surface area contributed by atoms with E-state index in [9.17, 15) is 32.4 Å². The fourth-order valence-electron chi connectivity index (χ4n) is 7.31. The number of benzene rings is 1. The minimum absolute atomic E-state index is 0.0853. The van der Waals surface area contributed by atoms with Crippen LogP contribution in [0.3, 0.4) is 0 Å². The Morgan fingerprint density at radius 3 is 2.43 bits per heavy atom. The van der Waals surface area contributed by atoms with Crippen LogP contribution in [0, 0.1) is 16.7 Å². The van der Waals surface area contributed by atoms with E-state index in [2.05, 4.69) is 23.3 Å². The third-order valence-corrected chi connectivity index (χ3v) is 12.1. The highest BCUT2D eigenvalue weighted by atomic mass is 32.2. The van der Waals surface area contributed by atoms with Crippen molar-refractivity contribution in [3.05, 3.63) is 47.5 Å². The SMILES string of the molecule is C=C[C@@H]1CC1(NC(=O)[C@@H]1C[C@@H]2CN1C(=O)[C@H](C(C)(C)C)NC(=O)OCC(C)(C)CCCCc1cccc3c1CN(C3)C(=O)O2)C(=O)NS(=O)(=O)N(C)C. The molecule has 1 aromatic carbocycles. The molecule has 5 rings (SSSR count). The molecule has 0 spiro atoms. The van der Waals surface area contributed by atoms with Crippen molar-refractivity contribution in [2.24, 2.45) is 16.7 Å². The standard InChI is InChI=1S/C37H54N6O9S/c1-9-25-18-37(25,32(46)40-53(49,50)41(7)8)39-30(44)28-17-26-20-43(28)31(45)29(35(2,3)4)38-33(47)51-22-36(5,6)16-11-10-13-23-14-12-15-24-19-42(21-27(23)24)34(48)52-26/h9,12,14-15,25-26,28-29H,1,10-11,13,16-22H2,2-8H3,(H,38,47)(H,39,44)(H,40,46)/t25-,26-,28+,29-,37?/m1/s1. The summed E-state index contributed by atoms with van der Waals surface area (Å²) in [4.78, 5) is 71.8. The third kappa shape index (κ3) is 8.80. The topological polar surface area (TPSA) is 184 Å². The number of fused-ring (bicyclic) bond motifs is 3. The smallest absolute Gasteiger partial charge is 0.410 e. The molecule has 292 valence electrons. The zero-order valence-corrected chi connectivity index (χ0v) is 32.6. The highest BCUT2D eigenvalue weighted by Gasteiger charge is 2.61. The van der Waals surface area contributed by atoms with Crippen LogP contribution in [0.15, 0.2) is 30.9 Å². The van der Waals surface area contributed by atoms with E-state index < -0.39 is 75.2 Å². The Morgan fingerprint density at radius 1 is 1.09 bits per heavy atom. The van der Waals surface area contributed by atoms with E-state index in [1.54, 1.807) is 25.7 Å². The third-order valence-electron chi connectivity index (χ3n) is 10.7. The summed E-state index contributed by atoms with van der Waals surface area (Å²) < 4.78 is 39.6. The van der Waals surface area contributed by atoms with Crippen LogP contribution in [0.2, 0.25) is 0 Å². The van der Waals surface area contributed by atoms with E-state index in [4.69, 9.17) is 9.47 Å². The second kappa shape index (κ2) is 14.9. The molecular formula is C37H54N6O9S. The lowest BCUT2D eigenvalue weighted by molar-refractivity contribution is -0.143. The van der Waals surface area contributed by atoms with Gasteiger partial charge in [-0.2, -0.15) is 12.7 Å². The molecule has 2 fully saturated rings. The molecule has 0 radical (unpaired) electrons. The van der Waals surface area contributed by atoms with Gasteiger partial charge in [0.15, 0.2) is 0 Å². The quantitative estimate of drug-likeness (QED) is 0.367. The maximum atomic E-state index is 14.5. The van der Waals surface area contributed by atoms with Gasteiger partial charge in [0, 0.05) is 39.5 Å². The summed E-state index contributed by atoms with van der Waals surface area (Å²) in [6.45, 7) is 13.8. The van der Waals surface area contributed by atoms with Gasteiger partial charge in [-0.3, -0.25) is 19.3 Å². The second-order valence-corrected chi connectivity index (χ2v) is 18.7. The molecular weight excluding hydrogens is 705 g/mol. The average molecular weight is 759 g/mol. The highest BCUT2D eigenvalue weighted by Crippen LogP contribution is 2.45. The van der Waals surface area contributed by atoms with Crippen LogP contribution >= 0.6 is 0 Å². The first-order valence-corrected chi connectivity index (χ1v) is 19.6. The molecule has 3 aliphatic heterocycles. The molecule has 1 unspecified atom stereocenters. The lowest BCUT2D eigenvalue weighted by Gasteiger charge is -2.35. The Morgan fingerprint density at radius 2 is 1.79 bits per heavy atom. The number of nitrogens with one attached hydrogen (secondary N) is 3. The van der Waals surface area contributed by atoms with Gasteiger partial charge in [0.25, 0.3) is 5.91 Å². The van der Waals surface area contributed by atoms with E-state index >= 15 is 0 Å². The molecule has 3 heterocycles. The maximum Gasteiger partial charge on any atom is 0.410 e. The fourth-order valence-corrected chi connectivity index (χ4v) is 7.91. The minimum atomic E-state index is -4.19. The van der Waals surface area contributed by atoms with Gasteiger partial charge in [-0.25, -0.2) is 14.3 Å². The number of cyclic esters (lactones) is 1. The number of carbonyl (C=O) groups excluding carboxylic acids is 5. The van der Waals surface area contributed by atoms with Crippen molar-refractivity contribution in [3.63, 3.8) is 0 Å². The average Bonchev–Trinajstić information content (AvgIpc) is 3.37. The van der Waals surface area contributed by atoms with Gasteiger partial charge in [0.05, 0.1) is 13.2 Å². The number of carbonyl (C=O) groups is 5. The highest BCUT2D eigenvalue weighted by molar-refractivity contribution is 7.87. The number of alkyl carbamates (subject to hydrolysis) is 1. The largest absolute Gasteiger partial charge is 0.449 e. The normalized spacial score (nSPS) is 28.0. The van der Waals surface area contributed by atoms with Crippen molar-refractivity contribution in [2.75, 3.05) is 27.2 Å². The molecule has 1 aromatic rings. The number of aryl methyl sites for hydroxylation is 1. The first-order valence-electron chi connectivity index (χ1n) is 18.2. The first-order chi connectivity index (χ1) is 24.7. The first kappa shape index (κ1) is 40.0. The van der Waals surface area contributed by atoms with Crippen molar-refractivity contribution < 1.29 is 41.9 Å². The van der Waals surface area contributed by atoms with Gasteiger partial charge >= 0.3 is 22.4 Å². The number of ether oxygens (including phenoxy) is 2. The zero-order valence-electron chi connectivity index (χ0n) is 31.8. The number of nitrogens with zero attached hydrogens (tertiary/aromatic N) is 3. The van der Waals surface area contributed by atoms with E-state index in [0.717, 1.165) is 46.7 Å². The van der Waals surface area contributed by atoms with Crippen molar-refractivity contribution in [1.29, 1.82) is 0 Å². The van der Waals surface area contributed by atoms with Gasteiger partial charge in [-0.1, -0.05) is 65.3 Å². The molecule has 5 atom stereocenters. The van der Waals surface area contributed by atoms with Crippen LogP contribution in [-0.4, -0.2) is 103 Å². The summed E-state index contributed by atoms with van der Waals surface area (Å²) >= 11 is 0. The summed E-state index contributed by atoms with van der Waals surface area (Å²) in [5.41, 5.74) is 0.489. The molecule has 5 amide bonds. The fraction of sp³-hybridized carbons (Fsp3) is 0.649. The number of rotatable bonds is 6. The van der Waals surface area contributed by atoms with Crippen LogP contribution in [-0.2, 0) is 53.6 Å². The minimum Gasteiger partial charge on any atom is -0.449 e. The molecule has 16 heteroatoms. The molecule has 1 aliphatic carbocycles. The van der Waals surface area contributed by atoms with Crippen LogP contribution in [0.1, 0.15) is 83.4 Å². The summed E-state index contributed by atoms with van der Waals surface area (Å²) in [6, 6.07) is 3.68. The van der Waals surface area contributed by atoms with Crippen LogP contribution < -0.4 is 15.4 Å². The summed E-state index contributed by atoms with van der Waals surface area (Å²) in [6.07, 6.45) is 2.62. The Kier molecular flexibility index (Phi) is 11.3. The summed E-state index contributed by atoms with van der Waals surface area (Å²) in [7, 11) is -1.67. The van der Waals surface area contributed by atoms with Gasteiger partial charge in [0.2, 0.25) is 11.8 Å². The monoisotopic (exact) mass is 758 g/mol. The predicted octanol–water partition coefficient (Wildman–Crippen LogP) is 2.99. The van der Waals surface area contributed by atoms with Crippen molar-refractivity contribution in [2.45, 2.75) is 110 Å². The molecule has 4 bridgehead atoms. The Labute approximate surface area is 312 Å². The molecule has 1 saturated heterocycles. The Balaban J connectivity index is 1.45. The Bertz CT molecular complexity index is 1760. The molecule has 15 nitrogen and oxygen atoms in total. The second-order valence-electron chi connectivity index (χ2n) is 16.8. The summed E-state index contributed by atoms with van der Waals surface area (Å²) in [5.74, 6) is -2.87. The van der Waals surface area contributed by atoms with Crippen molar-refractivity contribution in [3.8, 4) is 0 Å². The predicted molar refractivity (Wildman–Crippen MR) is 195 cm³/mol. The van der Waals surface area contributed by atoms with Gasteiger partial charge in [-0.05, 0) is 53.2 Å². The van der Waals surface area contributed by atoms with E-state index in [1.807, 2.05) is 30.7 Å².